The van der Waals surface area contributed by atoms with Gasteiger partial charge in [-0.15, -0.1) is 0 Å². The van der Waals surface area contributed by atoms with Gasteiger partial charge >= 0.3 is 12.1 Å². The molecule has 11 nitrogen and oxygen atoms in total. The summed E-state index contributed by atoms with van der Waals surface area (Å²) in [7, 11) is 1.78. The van der Waals surface area contributed by atoms with Crippen LogP contribution in [-0.4, -0.2) is 90.5 Å². The molecule has 0 bridgehead atoms. The average molecular weight is 654 g/mol. The molecule has 48 heavy (non-hydrogen) atoms. The number of nitrogens with zero attached hydrogens (tertiary/aromatic N) is 3. The number of amides is 2. The number of carbonyl (C=O) groups is 4. The minimum absolute atomic E-state index is 0.00164. The number of piperazine rings is 1. The Balaban J connectivity index is 1.10. The number of hydrogen-bond acceptors (Lipinski definition) is 8. The molecule has 1 unspecified atom stereocenters. The van der Waals surface area contributed by atoms with Gasteiger partial charge in [0.2, 0.25) is 5.91 Å². The van der Waals surface area contributed by atoms with Crippen LogP contribution < -0.4 is 10.2 Å². The van der Waals surface area contributed by atoms with Gasteiger partial charge in [-0.25, -0.2) is 9.59 Å². The number of benzene rings is 2. The predicted octanol–water partition coefficient (Wildman–Crippen LogP) is 5.17. The molecule has 0 saturated carbocycles. The molecule has 2 aromatic carbocycles. The van der Waals surface area contributed by atoms with Crippen LogP contribution >= 0.6 is 0 Å². The van der Waals surface area contributed by atoms with Gasteiger partial charge in [0.15, 0.2) is 5.78 Å². The maximum atomic E-state index is 13.4. The Morgan fingerprint density at radius 2 is 1.69 bits per heavy atom. The smallest absolute Gasteiger partial charge is 0.410 e. The lowest BCUT2D eigenvalue weighted by Gasteiger charge is -2.35. The number of esters is 1. The zero-order chi connectivity index (χ0) is 34.2. The van der Waals surface area contributed by atoms with Crippen LogP contribution in [0.2, 0.25) is 0 Å². The van der Waals surface area contributed by atoms with E-state index >= 15 is 0 Å². The number of ketones is 1. The molecule has 1 aromatic heterocycles. The summed E-state index contributed by atoms with van der Waals surface area (Å²) in [5.41, 5.74) is 4.71. The van der Waals surface area contributed by atoms with Crippen LogP contribution in [-0.2, 0) is 24.6 Å². The van der Waals surface area contributed by atoms with E-state index in [1.54, 1.807) is 29.8 Å². The highest BCUT2D eigenvalue weighted by molar-refractivity contribution is 6.13. The summed E-state index contributed by atoms with van der Waals surface area (Å²) in [5.74, 6) is -0.583. The van der Waals surface area contributed by atoms with Gasteiger partial charge < -0.3 is 29.6 Å². The van der Waals surface area contributed by atoms with E-state index in [4.69, 9.17) is 9.47 Å². The number of hydrogen-bond donors (Lipinski definition) is 2. The third-order valence-electron chi connectivity index (χ3n) is 9.04. The lowest BCUT2D eigenvalue weighted by atomic mass is 9.90. The van der Waals surface area contributed by atoms with Crippen molar-refractivity contribution in [1.82, 2.24) is 14.8 Å². The zero-order valence-corrected chi connectivity index (χ0v) is 28.2. The van der Waals surface area contributed by atoms with Crippen LogP contribution in [0.1, 0.15) is 73.4 Å². The second kappa shape index (κ2) is 13.0. The summed E-state index contributed by atoms with van der Waals surface area (Å²) in [6.45, 7) is 10.7. The standard InChI is InChI=1S/C37H43N5O6/c1-6-47-34(45)24-22-28-31(29(43)23-24)32-33(38-28)37(32,25-10-8-7-9-11-25)39-26-12-14-27(15-13-26)40(5)30(44)16-17-41-18-20-42(21-19-41)35(46)48-36(2,3)4/h7-15,22,38-39H,6,16-21,23H2,1-5H3. The van der Waals surface area contributed by atoms with Crippen LogP contribution in [0.4, 0.5) is 16.2 Å². The first kappa shape index (κ1) is 33.0. The largest absolute Gasteiger partial charge is 0.463 e. The van der Waals surface area contributed by atoms with E-state index in [2.05, 4.69) is 15.2 Å². The zero-order valence-electron chi connectivity index (χ0n) is 28.2. The van der Waals surface area contributed by atoms with Crippen molar-refractivity contribution in [3.8, 4) is 0 Å². The third kappa shape index (κ3) is 6.47. The fraction of sp³-hybridized carbons (Fsp3) is 0.405. The number of rotatable bonds is 9. The van der Waals surface area contributed by atoms with Crippen molar-refractivity contribution in [2.45, 2.75) is 51.7 Å². The van der Waals surface area contributed by atoms with E-state index in [0.29, 0.717) is 56.0 Å². The summed E-state index contributed by atoms with van der Waals surface area (Å²) in [4.78, 5) is 60.2. The van der Waals surface area contributed by atoms with Gasteiger partial charge in [-0.1, -0.05) is 30.3 Å². The molecule has 2 amide bonds. The van der Waals surface area contributed by atoms with Crippen molar-refractivity contribution in [2.75, 3.05) is 56.6 Å². The van der Waals surface area contributed by atoms with Gasteiger partial charge in [0.05, 0.1) is 18.0 Å². The number of fused-ring (bicyclic) bond motifs is 3. The van der Waals surface area contributed by atoms with Crippen LogP contribution in [0.5, 0.6) is 0 Å². The number of aromatic amines is 1. The highest BCUT2D eigenvalue weighted by Crippen LogP contribution is 2.58. The Labute approximate surface area is 280 Å². The van der Waals surface area contributed by atoms with Crippen LogP contribution in [0.15, 0.2) is 60.2 Å². The normalized spacial score (nSPS) is 18.7. The SMILES string of the molecule is CCOC(=O)C1=Cc2[nH]c3c(c2C(=O)C1)C3(Nc1ccc(N(C)C(=O)CCN2CCN(C(=O)OC(C)(C)C)CC2)cc1)c1ccccc1. The molecule has 0 radical (unpaired) electrons. The van der Waals surface area contributed by atoms with E-state index in [-0.39, 0.29) is 30.8 Å². The first-order chi connectivity index (χ1) is 22.9. The Bertz CT molecular complexity index is 1750. The Morgan fingerprint density at radius 3 is 2.33 bits per heavy atom. The monoisotopic (exact) mass is 653 g/mol. The summed E-state index contributed by atoms with van der Waals surface area (Å²) in [6, 6.07) is 17.6. The molecule has 252 valence electrons. The van der Waals surface area contributed by atoms with Gasteiger partial charge in [0.1, 0.15) is 11.1 Å². The fourth-order valence-electron chi connectivity index (χ4n) is 6.53. The molecule has 3 aromatic rings. The molecule has 2 N–H and O–H groups in total. The summed E-state index contributed by atoms with van der Waals surface area (Å²) < 4.78 is 10.6. The van der Waals surface area contributed by atoms with Crippen molar-refractivity contribution in [3.05, 3.63) is 88.2 Å². The maximum Gasteiger partial charge on any atom is 0.410 e. The molecule has 6 rings (SSSR count). The first-order valence-electron chi connectivity index (χ1n) is 16.5. The number of carbonyl (C=O) groups excluding carboxylic acids is 4. The van der Waals surface area contributed by atoms with Crippen molar-refractivity contribution < 1.29 is 28.7 Å². The van der Waals surface area contributed by atoms with Gasteiger partial charge in [0.25, 0.3) is 0 Å². The molecular weight excluding hydrogens is 610 g/mol. The predicted molar refractivity (Wildman–Crippen MR) is 183 cm³/mol. The maximum absolute atomic E-state index is 13.4. The Hall–Kier alpha value is -4.90. The summed E-state index contributed by atoms with van der Waals surface area (Å²) in [6.07, 6.45) is 1.79. The molecule has 0 spiro atoms. The highest BCUT2D eigenvalue weighted by atomic mass is 16.6. The van der Waals surface area contributed by atoms with Crippen molar-refractivity contribution >= 4 is 41.2 Å². The van der Waals surface area contributed by atoms with Crippen molar-refractivity contribution in [3.63, 3.8) is 0 Å². The Kier molecular flexibility index (Phi) is 8.91. The molecular formula is C37H43N5O6. The van der Waals surface area contributed by atoms with E-state index in [9.17, 15) is 19.2 Å². The molecule has 2 aliphatic carbocycles. The van der Waals surface area contributed by atoms with Crippen molar-refractivity contribution in [2.24, 2.45) is 0 Å². The molecule has 1 fully saturated rings. The van der Waals surface area contributed by atoms with E-state index in [0.717, 1.165) is 28.2 Å². The number of nitrogens with one attached hydrogen (secondary N) is 2. The Morgan fingerprint density at radius 1 is 1.00 bits per heavy atom. The van der Waals surface area contributed by atoms with Gasteiger partial charge in [-0.3, -0.25) is 14.5 Å². The lowest BCUT2D eigenvalue weighted by molar-refractivity contribution is -0.138. The van der Waals surface area contributed by atoms with Crippen LogP contribution in [0.3, 0.4) is 0 Å². The lowest BCUT2D eigenvalue weighted by Crippen LogP contribution is -2.50. The number of H-pyrrole nitrogens is 1. The summed E-state index contributed by atoms with van der Waals surface area (Å²) in [5, 5.41) is 3.66. The van der Waals surface area contributed by atoms with Gasteiger partial charge in [-0.05, 0) is 63.6 Å². The molecule has 3 aliphatic rings. The van der Waals surface area contributed by atoms with E-state index in [1.807, 2.05) is 75.4 Å². The van der Waals surface area contributed by atoms with Gasteiger partial charge in [-0.2, -0.15) is 0 Å². The minimum atomic E-state index is -0.707. The average Bonchev–Trinajstić information content (AvgIpc) is 3.47. The third-order valence-corrected chi connectivity index (χ3v) is 9.04. The van der Waals surface area contributed by atoms with Crippen molar-refractivity contribution in [1.29, 1.82) is 0 Å². The number of aromatic nitrogens is 1. The molecule has 2 heterocycles. The summed E-state index contributed by atoms with van der Waals surface area (Å²) >= 11 is 0. The molecule has 1 aliphatic heterocycles. The van der Waals surface area contributed by atoms with E-state index in [1.165, 1.54) is 0 Å². The molecule has 1 atom stereocenters. The second-order valence-electron chi connectivity index (χ2n) is 13.5. The van der Waals surface area contributed by atoms with Crippen LogP contribution in [0.25, 0.3) is 6.08 Å². The highest BCUT2D eigenvalue weighted by Gasteiger charge is 2.58. The van der Waals surface area contributed by atoms with Gasteiger partial charge in [0, 0.05) is 80.7 Å². The van der Waals surface area contributed by atoms with Crippen LogP contribution in [0, 0.1) is 0 Å². The topological polar surface area (TPSA) is 124 Å². The minimum Gasteiger partial charge on any atom is -0.463 e. The molecule has 11 heteroatoms. The fourth-order valence-corrected chi connectivity index (χ4v) is 6.53. The number of Topliss-reactive ketones (excluding diaryl/α,β-unsaturated/α-hetero) is 1. The number of anilines is 2. The number of ether oxygens (including phenoxy) is 2. The quantitative estimate of drug-likeness (QED) is 0.303. The molecule has 1 saturated heterocycles. The van der Waals surface area contributed by atoms with E-state index < -0.39 is 17.1 Å². The second-order valence-corrected chi connectivity index (χ2v) is 13.5. The first-order valence-corrected chi connectivity index (χ1v) is 16.5.